The van der Waals surface area contributed by atoms with Gasteiger partial charge in [-0.15, -0.1) is 0 Å². The van der Waals surface area contributed by atoms with Crippen LogP contribution < -0.4 is 5.32 Å². The molecule has 2 aromatic carbocycles. The summed E-state index contributed by atoms with van der Waals surface area (Å²) in [6.07, 6.45) is 0. The van der Waals surface area contributed by atoms with E-state index in [4.69, 9.17) is 11.6 Å². The van der Waals surface area contributed by atoms with Crippen molar-refractivity contribution < 1.29 is 9.72 Å². The first-order valence-electron chi connectivity index (χ1n) is 8.74. The van der Waals surface area contributed by atoms with Gasteiger partial charge in [0.1, 0.15) is 0 Å². The molecule has 1 heterocycles. The Balaban J connectivity index is 1.48. The van der Waals surface area contributed by atoms with Crippen LogP contribution in [0.2, 0.25) is 5.02 Å². The molecular formula is C19H21ClN4O3. The molecule has 2 aromatic rings. The van der Waals surface area contributed by atoms with E-state index in [1.165, 1.54) is 23.8 Å². The molecule has 3 rings (SSSR count). The summed E-state index contributed by atoms with van der Waals surface area (Å²) in [6.45, 7) is 4.51. The molecule has 1 N–H and O–H groups in total. The van der Waals surface area contributed by atoms with Gasteiger partial charge < -0.3 is 5.32 Å². The Kier molecular flexibility index (Phi) is 6.39. The predicted molar refractivity (Wildman–Crippen MR) is 105 cm³/mol. The minimum atomic E-state index is -0.516. The highest BCUT2D eigenvalue weighted by Gasteiger charge is 2.20. The van der Waals surface area contributed by atoms with Crippen LogP contribution in [-0.4, -0.2) is 53.4 Å². The molecule has 7 nitrogen and oxygen atoms in total. The van der Waals surface area contributed by atoms with Crippen LogP contribution in [0.25, 0.3) is 0 Å². The Morgan fingerprint density at radius 1 is 1.07 bits per heavy atom. The highest BCUT2D eigenvalue weighted by molar-refractivity contribution is 6.33. The monoisotopic (exact) mass is 388 g/mol. The van der Waals surface area contributed by atoms with E-state index >= 15 is 0 Å². The number of anilines is 1. The number of carbonyl (C=O) groups excluding carboxylic acids is 1. The zero-order chi connectivity index (χ0) is 19.2. The van der Waals surface area contributed by atoms with Crippen molar-refractivity contribution in [3.05, 3.63) is 69.2 Å². The second kappa shape index (κ2) is 8.94. The van der Waals surface area contributed by atoms with Gasteiger partial charge in [0.25, 0.3) is 5.69 Å². The molecule has 0 bridgehead atoms. The summed E-state index contributed by atoms with van der Waals surface area (Å²) < 4.78 is 0. The smallest absolute Gasteiger partial charge is 0.271 e. The van der Waals surface area contributed by atoms with Gasteiger partial charge in [-0.25, -0.2) is 0 Å². The molecule has 0 atom stereocenters. The van der Waals surface area contributed by atoms with Crippen LogP contribution in [0.1, 0.15) is 5.56 Å². The van der Waals surface area contributed by atoms with Crippen molar-refractivity contribution in [3.63, 3.8) is 0 Å². The Bertz CT molecular complexity index is 808. The molecule has 27 heavy (non-hydrogen) atoms. The quantitative estimate of drug-likeness (QED) is 0.608. The maximum absolute atomic E-state index is 12.3. The summed E-state index contributed by atoms with van der Waals surface area (Å²) >= 11 is 6.03. The lowest BCUT2D eigenvalue weighted by Gasteiger charge is -2.34. The van der Waals surface area contributed by atoms with Crippen molar-refractivity contribution in [2.24, 2.45) is 0 Å². The van der Waals surface area contributed by atoms with Gasteiger partial charge in [0.05, 0.1) is 22.2 Å². The Morgan fingerprint density at radius 2 is 1.74 bits per heavy atom. The first-order chi connectivity index (χ1) is 13.0. The lowest BCUT2D eigenvalue weighted by molar-refractivity contribution is -0.384. The van der Waals surface area contributed by atoms with Gasteiger partial charge in [-0.1, -0.05) is 41.9 Å². The van der Waals surface area contributed by atoms with Gasteiger partial charge in [-0.2, -0.15) is 0 Å². The fourth-order valence-electron chi connectivity index (χ4n) is 3.06. The van der Waals surface area contributed by atoms with Crippen molar-refractivity contribution in [1.82, 2.24) is 9.80 Å². The minimum absolute atomic E-state index is 0.107. The predicted octanol–water partition coefficient (Wildman–Crippen LogP) is 3.00. The zero-order valence-electron chi connectivity index (χ0n) is 14.8. The third-order valence-corrected chi connectivity index (χ3v) is 4.85. The number of nitrogens with zero attached hydrogens (tertiary/aromatic N) is 3. The fraction of sp³-hybridized carbons (Fsp3) is 0.316. The number of nitro benzene ring substituents is 1. The number of rotatable bonds is 6. The van der Waals surface area contributed by atoms with Gasteiger partial charge in [-0.05, 0) is 11.6 Å². The molecule has 142 valence electrons. The second-order valence-corrected chi connectivity index (χ2v) is 6.91. The standard InChI is InChI=1S/C19H21ClN4O3/c20-17-7-6-16(24(26)27)12-18(17)21-19(25)14-23-10-8-22(9-11-23)13-15-4-2-1-3-5-15/h1-7,12H,8-11,13-14H2,(H,21,25). The van der Waals surface area contributed by atoms with Crippen LogP contribution >= 0.6 is 11.6 Å². The summed E-state index contributed by atoms with van der Waals surface area (Å²) in [5.74, 6) is -0.228. The summed E-state index contributed by atoms with van der Waals surface area (Å²) in [5.41, 5.74) is 1.44. The lowest BCUT2D eigenvalue weighted by atomic mass is 10.2. The van der Waals surface area contributed by atoms with Gasteiger partial charge >= 0.3 is 0 Å². The van der Waals surface area contributed by atoms with E-state index < -0.39 is 4.92 Å². The van der Waals surface area contributed by atoms with Crippen LogP contribution in [0, 0.1) is 10.1 Å². The third kappa shape index (κ3) is 5.50. The normalized spacial score (nSPS) is 15.4. The number of piperazine rings is 1. The highest BCUT2D eigenvalue weighted by Crippen LogP contribution is 2.26. The number of hydrogen-bond acceptors (Lipinski definition) is 5. The molecule has 1 saturated heterocycles. The molecule has 0 unspecified atom stereocenters. The SMILES string of the molecule is O=C(CN1CCN(Cc2ccccc2)CC1)Nc1cc([N+](=O)[O-])ccc1Cl. The number of halogens is 1. The van der Waals surface area contributed by atoms with Crippen LogP contribution in [0.4, 0.5) is 11.4 Å². The average Bonchev–Trinajstić information content (AvgIpc) is 2.66. The highest BCUT2D eigenvalue weighted by atomic mass is 35.5. The molecular weight excluding hydrogens is 368 g/mol. The summed E-state index contributed by atoms with van der Waals surface area (Å²) in [5, 5.41) is 13.8. The second-order valence-electron chi connectivity index (χ2n) is 6.51. The first kappa shape index (κ1) is 19.3. The molecule has 0 aliphatic carbocycles. The molecule has 0 spiro atoms. The molecule has 1 aliphatic rings. The number of benzene rings is 2. The number of nitro groups is 1. The van der Waals surface area contributed by atoms with E-state index in [0.29, 0.717) is 0 Å². The average molecular weight is 389 g/mol. The van der Waals surface area contributed by atoms with Crippen molar-refractivity contribution >= 4 is 28.9 Å². The molecule has 1 aliphatic heterocycles. The van der Waals surface area contributed by atoms with Crippen molar-refractivity contribution in [2.45, 2.75) is 6.54 Å². The van der Waals surface area contributed by atoms with E-state index in [9.17, 15) is 14.9 Å². The van der Waals surface area contributed by atoms with E-state index in [1.54, 1.807) is 0 Å². The van der Waals surface area contributed by atoms with Crippen LogP contribution in [-0.2, 0) is 11.3 Å². The van der Waals surface area contributed by atoms with Crippen LogP contribution in [0.3, 0.4) is 0 Å². The first-order valence-corrected chi connectivity index (χ1v) is 9.11. The largest absolute Gasteiger partial charge is 0.323 e. The van der Waals surface area contributed by atoms with E-state index in [0.717, 1.165) is 32.7 Å². The van der Waals surface area contributed by atoms with Gasteiger partial charge in [0.15, 0.2) is 0 Å². The number of hydrogen-bond donors (Lipinski definition) is 1. The molecule has 0 radical (unpaired) electrons. The van der Waals surface area contributed by atoms with E-state index in [-0.39, 0.29) is 28.8 Å². The van der Waals surface area contributed by atoms with Crippen molar-refractivity contribution in [2.75, 3.05) is 38.0 Å². The van der Waals surface area contributed by atoms with Gasteiger partial charge in [0.2, 0.25) is 5.91 Å². The number of non-ortho nitro benzene ring substituents is 1. The maximum atomic E-state index is 12.3. The van der Waals surface area contributed by atoms with Crippen molar-refractivity contribution in [3.8, 4) is 0 Å². The number of amides is 1. The molecule has 8 heteroatoms. The molecule has 0 aromatic heterocycles. The Morgan fingerprint density at radius 3 is 2.41 bits per heavy atom. The summed E-state index contributed by atoms with van der Waals surface area (Å²) in [7, 11) is 0. The minimum Gasteiger partial charge on any atom is -0.323 e. The topological polar surface area (TPSA) is 78.7 Å². The summed E-state index contributed by atoms with van der Waals surface area (Å²) in [4.78, 5) is 27.1. The van der Waals surface area contributed by atoms with E-state index in [1.807, 2.05) is 18.2 Å². The Labute approximate surface area is 162 Å². The van der Waals surface area contributed by atoms with Gasteiger partial charge in [-0.3, -0.25) is 24.7 Å². The van der Waals surface area contributed by atoms with Crippen LogP contribution in [0.5, 0.6) is 0 Å². The van der Waals surface area contributed by atoms with Crippen LogP contribution in [0.15, 0.2) is 48.5 Å². The van der Waals surface area contributed by atoms with E-state index in [2.05, 4.69) is 27.2 Å². The number of nitrogens with one attached hydrogen (secondary N) is 1. The summed E-state index contributed by atoms with van der Waals surface area (Å²) in [6, 6.07) is 14.3. The fourth-order valence-corrected chi connectivity index (χ4v) is 3.23. The third-order valence-electron chi connectivity index (χ3n) is 4.52. The molecule has 1 amide bonds. The maximum Gasteiger partial charge on any atom is 0.271 e. The van der Waals surface area contributed by atoms with Crippen molar-refractivity contribution in [1.29, 1.82) is 0 Å². The Hall–Kier alpha value is -2.48. The van der Waals surface area contributed by atoms with Gasteiger partial charge in [0, 0.05) is 44.9 Å². The zero-order valence-corrected chi connectivity index (χ0v) is 15.6. The number of carbonyl (C=O) groups is 1. The molecule has 1 fully saturated rings. The lowest BCUT2D eigenvalue weighted by Crippen LogP contribution is -2.48. The molecule has 0 saturated carbocycles.